The Bertz CT molecular complexity index is 967. The molecule has 0 spiro atoms. The van der Waals surface area contributed by atoms with Crippen LogP contribution in [0.2, 0.25) is 0 Å². The maximum atomic E-state index is 13.2. The summed E-state index contributed by atoms with van der Waals surface area (Å²) in [6, 6.07) is 10.8. The van der Waals surface area contributed by atoms with Crippen LogP contribution in [0.3, 0.4) is 0 Å². The first-order valence-corrected chi connectivity index (χ1v) is 10.5. The number of ether oxygens (including phenoxy) is 1. The van der Waals surface area contributed by atoms with Crippen LogP contribution < -0.4 is 10.6 Å². The van der Waals surface area contributed by atoms with Gasteiger partial charge in [-0.3, -0.25) is 9.69 Å². The highest BCUT2D eigenvalue weighted by Gasteiger charge is 2.50. The van der Waals surface area contributed by atoms with Crippen LogP contribution in [-0.2, 0) is 21.7 Å². The zero-order valence-corrected chi connectivity index (χ0v) is 17.4. The van der Waals surface area contributed by atoms with Gasteiger partial charge in [0.15, 0.2) is 5.82 Å². The molecule has 0 bridgehead atoms. The Labute approximate surface area is 185 Å². The maximum absolute atomic E-state index is 13.2. The summed E-state index contributed by atoms with van der Waals surface area (Å²) in [4.78, 5) is 47.0. The number of alkyl carbamates (subject to hydrolysis) is 1. The van der Waals surface area contributed by atoms with Crippen molar-refractivity contribution in [2.24, 2.45) is 5.92 Å². The van der Waals surface area contributed by atoms with Gasteiger partial charge < -0.3 is 20.5 Å². The Morgan fingerprint density at radius 1 is 1.12 bits per heavy atom. The van der Waals surface area contributed by atoms with Crippen LogP contribution in [0.15, 0.2) is 48.8 Å². The largest absolute Gasteiger partial charge is 0.465 e. The van der Waals surface area contributed by atoms with Crippen molar-refractivity contribution in [1.82, 2.24) is 25.5 Å². The lowest BCUT2D eigenvalue weighted by Gasteiger charge is -2.39. The number of likely N-dealkylation sites (tertiary alicyclic amines) is 1. The zero-order chi connectivity index (χ0) is 22.6. The third-order valence-corrected chi connectivity index (χ3v) is 5.80. The first kappa shape index (κ1) is 21.5. The number of amides is 3. The minimum Gasteiger partial charge on any atom is -0.465 e. The molecule has 3 N–H and O–H groups in total. The van der Waals surface area contributed by atoms with Gasteiger partial charge in [0.2, 0.25) is 5.91 Å². The van der Waals surface area contributed by atoms with Gasteiger partial charge in [-0.15, -0.1) is 0 Å². The highest BCUT2D eigenvalue weighted by molar-refractivity contribution is 5.82. The van der Waals surface area contributed by atoms with E-state index in [1.807, 2.05) is 30.3 Å². The number of carbonyl (C=O) groups is 3. The lowest BCUT2D eigenvalue weighted by molar-refractivity contribution is -0.130. The van der Waals surface area contributed by atoms with Crippen LogP contribution in [0.25, 0.3) is 0 Å². The van der Waals surface area contributed by atoms with Crippen molar-refractivity contribution in [3.8, 4) is 0 Å². The predicted molar refractivity (Wildman–Crippen MR) is 112 cm³/mol. The molecule has 1 saturated heterocycles. The normalized spacial score (nSPS) is 21.3. The average molecular weight is 439 g/mol. The molecule has 32 heavy (non-hydrogen) atoms. The Balaban J connectivity index is 1.45. The zero-order valence-electron chi connectivity index (χ0n) is 17.4. The van der Waals surface area contributed by atoms with Crippen molar-refractivity contribution in [3.63, 3.8) is 0 Å². The number of nitrogens with one attached hydrogen (secondary N) is 2. The summed E-state index contributed by atoms with van der Waals surface area (Å²) in [5, 5.41) is 15.2. The molecule has 2 aromatic rings. The fourth-order valence-corrected chi connectivity index (χ4v) is 3.95. The van der Waals surface area contributed by atoms with Crippen LogP contribution in [0.4, 0.5) is 9.59 Å². The molecule has 0 radical (unpaired) electrons. The van der Waals surface area contributed by atoms with Crippen LogP contribution in [0.1, 0.15) is 37.1 Å². The van der Waals surface area contributed by atoms with Gasteiger partial charge in [0.05, 0.1) is 11.5 Å². The number of carbonyl (C=O) groups excluding carboxylic acids is 2. The Hall–Kier alpha value is -3.69. The van der Waals surface area contributed by atoms with Gasteiger partial charge in [-0.1, -0.05) is 30.3 Å². The van der Waals surface area contributed by atoms with Crippen molar-refractivity contribution in [3.05, 3.63) is 60.2 Å². The quantitative estimate of drug-likeness (QED) is 0.628. The molecule has 1 aromatic heterocycles. The second-order valence-corrected chi connectivity index (χ2v) is 8.02. The molecule has 4 rings (SSSR count). The SMILES string of the molecule is O=C(NC1C(C(=O)NC2(c3ncccn3)CC2)CCCN1C(=O)O)OCc1ccccc1. The van der Waals surface area contributed by atoms with Crippen molar-refractivity contribution in [1.29, 1.82) is 0 Å². The summed E-state index contributed by atoms with van der Waals surface area (Å²) in [6.07, 6.45) is 2.58. The van der Waals surface area contributed by atoms with Crippen LogP contribution in [-0.4, -0.2) is 50.8 Å². The molecular formula is C22H25N5O5. The Morgan fingerprint density at radius 3 is 2.50 bits per heavy atom. The molecule has 10 heteroatoms. The Morgan fingerprint density at radius 2 is 1.84 bits per heavy atom. The highest BCUT2D eigenvalue weighted by atomic mass is 16.5. The maximum Gasteiger partial charge on any atom is 0.409 e. The first-order valence-electron chi connectivity index (χ1n) is 10.5. The minimum absolute atomic E-state index is 0.0395. The highest BCUT2D eigenvalue weighted by Crippen LogP contribution is 2.44. The predicted octanol–water partition coefficient (Wildman–Crippen LogP) is 2.22. The number of aromatic nitrogens is 2. The average Bonchev–Trinajstić information content (AvgIpc) is 3.59. The molecule has 2 aliphatic rings. The van der Waals surface area contributed by atoms with Crippen molar-refractivity contribution >= 4 is 18.1 Å². The van der Waals surface area contributed by atoms with E-state index >= 15 is 0 Å². The van der Waals surface area contributed by atoms with Gasteiger partial charge in [0, 0.05) is 18.9 Å². The van der Waals surface area contributed by atoms with E-state index in [0.29, 0.717) is 31.5 Å². The summed E-state index contributed by atoms with van der Waals surface area (Å²) >= 11 is 0. The van der Waals surface area contributed by atoms with E-state index in [4.69, 9.17) is 4.74 Å². The number of benzene rings is 1. The molecule has 10 nitrogen and oxygen atoms in total. The summed E-state index contributed by atoms with van der Waals surface area (Å²) in [5.41, 5.74) is 0.164. The summed E-state index contributed by atoms with van der Waals surface area (Å²) in [5.74, 6) is -0.564. The number of hydrogen-bond acceptors (Lipinski definition) is 6. The van der Waals surface area contributed by atoms with Crippen LogP contribution in [0, 0.1) is 5.92 Å². The molecule has 2 heterocycles. The molecule has 1 aromatic carbocycles. The van der Waals surface area contributed by atoms with E-state index in [9.17, 15) is 19.5 Å². The molecule has 3 amide bonds. The minimum atomic E-state index is -1.21. The van der Waals surface area contributed by atoms with Gasteiger partial charge >= 0.3 is 12.2 Å². The lowest BCUT2D eigenvalue weighted by atomic mass is 9.92. The molecule has 1 aliphatic carbocycles. The second kappa shape index (κ2) is 9.21. The number of carboxylic acid groups (broad SMARTS) is 1. The first-order chi connectivity index (χ1) is 15.5. The van der Waals surface area contributed by atoms with E-state index in [0.717, 1.165) is 10.5 Å². The lowest BCUT2D eigenvalue weighted by Crippen LogP contribution is -2.60. The van der Waals surface area contributed by atoms with Gasteiger partial charge in [0.1, 0.15) is 12.8 Å². The van der Waals surface area contributed by atoms with E-state index in [-0.39, 0.29) is 19.1 Å². The van der Waals surface area contributed by atoms with E-state index in [1.165, 1.54) is 0 Å². The van der Waals surface area contributed by atoms with E-state index in [2.05, 4.69) is 20.6 Å². The standard InChI is InChI=1S/C22H25N5O5/c28-18(26-22(9-10-22)19-23-11-5-12-24-19)16-8-4-13-27(21(30)31)17(16)25-20(29)32-14-15-6-2-1-3-7-15/h1-3,5-7,11-12,16-17H,4,8-10,13-14H2,(H,25,29)(H,26,28)(H,30,31). The Kier molecular flexibility index (Phi) is 6.20. The summed E-state index contributed by atoms with van der Waals surface area (Å²) in [7, 11) is 0. The molecule has 2 atom stereocenters. The van der Waals surface area contributed by atoms with Gasteiger partial charge in [-0.2, -0.15) is 0 Å². The van der Waals surface area contributed by atoms with Gasteiger partial charge in [-0.25, -0.2) is 19.6 Å². The van der Waals surface area contributed by atoms with Crippen molar-refractivity contribution in [2.45, 2.75) is 44.0 Å². The van der Waals surface area contributed by atoms with Crippen molar-refractivity contribution in [2.75, 3.05) is 6.54 Å². The topological polar surface area (TPSA) is 134 Å². The summed E-state index contributed by atoms with van der Waals surface area (Å²) in [6.45, 7) is 0.257. The molecule has 1 aliphatic heterocycles. The van der Waals surface area contributed by atoms with Crippen molar-refractivity contribution < 1.29 is 24.2 Å². The number of rotatable bonds is 6. The fraction of sp³-hybridized carbons (Fsp3) is 0.409. The molecular weight excluding hydrogens is 414 g/mol. The number of piperidine rings is 1. The molecule has 168 valence electrons. The smallest absolute Gasteiger partial charge is 0.409 e. The molecule has 2 fully saturated rings. The molecule has 2 unspecified atom stereocenters. The molecule has 1 saturated carbocycles. The third-order valence-electron chi connectivity index (χ3n) is 5.80. The third kappa shape index (κ3) is 4.79. The summed E-state index contributed by atoms with van der Waals surface area (Å²) < 4.78 is 5.25. The monoisotopic (exact) mass is 439 g/mol. The van der Waals surface area contributed by atoms with Crippen LogP contribution >= 0.6 is 0 Å². The van der Waals surface area contributed by atoms with Gasteiger partial charge in [-0.05, 0) is 37.3 Å². The fourth-order valence-electron chi connectivity index (χ4n) is 3.95. The van der Waals surface area contributed by atoms with Gasteiger partial charge in [0.25, 0.3) is 0 Å². The van der Waals surface area contributed by atoms with Crippen LogP contribution in [0.5, 0.6) is 0 Å². The van der Waals surface area contributed by atoms with E-state index < -0.39 is 29.8 Å². The number of hydrogen-bond donors (Lipinski definition) is 3. The van der Waals surface area contributed by atoms with E-state index in [1.54, 1.807) is 18.5 Å². The second-order valence-electron chi connectivity index (χ2n) is 8.02. The number of nitrogens with zero attached hydrogens (tertiary/aromatic N) is 3.